The van der Waals surface area contributed by atoms with Gasteiger partial charge in [-0.1, -0.05) is 6.92 Å². The molecule has 9 heteroatoms. The van der Waals surface area contributed by atoms with Crippen LogP contribution in [-0.2, 0) is 6.54 Å². The molecule has 2 aliphatic rings. The summed E-state index contributed by atoms with van der Waals surface area (Å²) < 4.78 is 3.95. The lowest BCUT2D eigenvalue weighted by Gasteiger charge is -2.35. The molecule has 0 aromatic carbocycles. The lowest BCUT2D eigenvalue weighted by Crippen LogP contribution is -2.32. The minimum Gasteiger partial charge on any atom is -0.311 e. The van der Waals surface area contributed by atoms with E-state index < -0.39 is 0 Å². The third kappa shape index (κ3) is 2.39. The van der Waals surface area contributed by atoms with Crippen molar-refractivity contribution in [3.63, 3.8) is 0 Å². The predicted octanol–water partition coefficient (Wildman–Crippen LogP) is 2.92. The monoisotopic (exact) mass is 356 g/mol. The van der Waals surface area contributed by atoms with E-state index in [9.17, 15) is 0 Å². The van der Waals surface area contributed by atoms with Crippen molar-refractivity contribution in [3.05, 3.63) is 36.0 Å². The van der Waals surface area contributed by atoms with Crippen LogP contribution in [0.1, 0.15) is 38.1 Å². The molecule has 1 aliphatic carbocycles. The quantitative estimate of drug-likeness (QED) is 0.669. The van der Waals surface area contributed by atoms with Gasteiger partial charge in [-0.3, -0.25) is 9.25 Å². The summed E-state index contributed by atoms with van der Waals surface area (Å²) in [6.45, 7) is 3.09. The molecule has 0 N–H and O–H groups in total. The summed E-state index contributed by atoms with van der Waals surface area (Å²) >= 11 is 6.09. The van der Waals surface area contributed by atoms with Crippen LogP contribution >= 0.6 is 11.6 Å². The van der Waals surface area contributed by atoms with Gasteiger partial charge < -0.3 is 4.90 Å². The Morgan fingerprint density at radius 3 is 2.96 bits per heavy atom. The van der Waals surface area contributed by atoms with E-state index in [1.165, 1.54) is 12.8 Å². The van der Waals surface area contributed by atoms with Crippen molar-refractivity contribution in [1.29, 1.82) is 0 Å². The van der Waals surface area contributed by atoms with Gasteiger partial charge in [-0.15, -0.1) is 10.2 Å². The molecule has 128 valence electrons. The molecule has 5 rings (SSSR count). The van der Waals surface area contributed by atoms with Crippen LogP contribution in [0.4, 0.5) is 11.5 Å². The fraction of sp³-hybridized carbons (Fsp3) is 0.438. The molecule has 1 aliphatic heterocycles. The van der Waals surface area contributed by atoms with Gasteiger partial charge in [0.1, 0.15) is 12.0 Å². The van der Waals surface area contributed by atoms with Crippen molar-refractivity contribution in [2.75, 3.05) is 4.90 Å². The molecule has 1 unspecified atom stereocenters. The van der Waals surface area contributed by atoms with Gasteiger partial charge in [-0.05, 0) is 36.8 Å². The number of anilines is 2. The van der Waals surface area contributed by atoms with Crippen LogP contribution in [0.25, 0.3) is 5.69 Å². The normalized spacial score (nSPS) is 19.0. The van der Waals surface area contributed by atoms with Crippen LogP contribution in [0.15, 0.2) is 24.9 Å². The zero-order valence-electron chi connectivity index (χ0n) is 13.7. The Balaban J connectivity index is 1.64. The Morgan fingerprint density at radius 2 is 2.16 bits per heavy atom. The molecule has 3 aromatic heterocycles. The second-order valence-electron chi connectivity index (χ2n) is 6.57. The first-order valence-electron chi connectivity index (χ1n) is 8.49. The highest BCUT2D eigenvalue weighted by atomic mass is 35.5. The van der Waals surface area contributed by atoms with Gasteiger partial charge in [-0.2, -0.15) is 10.1 Å². The van der Waals surface area contributed by atoms with E-state index in [4.69, 9.17) is 11.6 Å². The van der Waals surface area contributed by atoms with E-state index in [0.29, 0.717) is 0 Å². The third-order valence-electron chi connectivity index (χ3n) is 4.82. The standard InChI is InChI=1S/C16H17ClN8/c1-2-12-15-22-19-9-24(15)13-6-18-16(17)21-14(13)25(12)11-5-20-23(8-11)7-10-3-4-10/h5-6,8-10,12H,2-4,7H2,1H3. The van der Waals surface area contributed by atoms with E-state index in [2.05, 4.69) is 43.3 Å². The fourth-order valence-corrected chi connectivity index (χ4v) is 3.55. The van der Waals surface area contributed by atoms with Crippen molar-refractivity contribution in [2.24, 2.45) is 5.92 Å². The highest BCUT2D eigenvalue weighted by molar-refractivity contribution is 6.28. The van der Waals surface area contributed by atoms with E-state index in [-0.39, 0.29) is 11.3 Å². The van der Waals surface area contributed by atoms with Gasteiger partial charge in [0.15, 0.2) is 11.6 Å². The first kappa shape index (κ1) is 14.8. The first-order chi connectivity index (χ1) is 12.2. The third-order valence-corrected chi connectivity index (χ3v) is 5.00. The van der Waals surface area contributed by atoms with Crippen LogP contribution in [0, 0.1) is 5.92 Å². The van der Waals surface area contributed by atoms with Gasteiger partial charge in [0.05, 0.1) is 24.1 Å². The van der Waals surface area contributed by atoms with E-state index in [1.54, 1.807) is 12.5 Å². The van der Waals surface area contributed by atoms with Crippen molar-refractivity contribution < 1.29 is 0 Å². The first-order valence-corrected chi connectivity index (χ1v) is 8.87. The molecular formula is C16H17ClN8. The highest BCUT2D eigenvalue weighted by Crippen LogP contribution is 2.43. The summed E-state index contributed by atoms with van der Waals surface area (Å²) in [7, 11) is 0. The Morgan fingerprint density at radius 1 is 1.28 bits per heavy atom. The van der Waals surface area contributed by atoms with E-state index >= 15 is 0 Å². The van der Waals surface area contributed by atoms with Crippen LogP contribution in [0.5, 0.6) is 0 Å². The highest BCUT2D eigenvalue weighted by Gasteiger charge is 2.35. The van der Waals surface area contributed by atoms with Crippen LogP contribution < -0.4 is 4.90 Å². The number of nitrogens with zero attached hydrogens (tertiary/aromatic N) is 8. The molecule has 0 bridgehead atoms. The molecule has 3 aromatic rings. The maximum Gasteiger partial charge on any atom is 0.224 e. The van der Waals surface area contributed by atoms with Crippen LogP contribution in [0.2, 0.25) is 5.28 Å². The van der Waals surface area contributed by atoms with Gasteiger partial charge in [0.2, 0.25) is 5.28 Å². The lowest BCUT2D eigenvalue weighted by molar-refractivity contribution is 0.561. The van der Waals surface area contributed by atoms with Gasteiger partial charge >= 0.3 is 0 Å². The Bertz CT molecular complexity index is 928. The topological polar surface area (TPSA) is 77.6 Å². The average molecular weight is 357 g/mol. The maximum atomic E-state index is 6.09. The molecule has 0 radical (unpaired) electrons. The SMILES string of the molecule is CCC1c2nncn2-c2cnc(Cl)nc2N1c1cnn(CC2CC2)c1. The number of rotatable bonds is 4. The van der Waals surface area contributed by atoms with Crippen molar-refractivity contribution >= 4 is 23.1 Å². The zero-order chi connectivity index (χ0) is 17.0. The van der Waals surface area contributed by atoms with Gasteiger partial charge in [0, 0.05) is 12.7 Å². The molecule has 0 spiro atoms. The zero-order valence-corrected chi connectivity index (χ0v) is 14.5. The summed E-state index contributed by atoms with van der Waals surface area (Å²) in [5, 5.41) is 13.2. The summed E-state index contributed by atoms with van der Waals surface area (Å²) in [4.78, 5) is 10.8. The summed E-state index contributed by atoms with van der Waals surface area (Å²) in [5.41, 5.74) is 1.81. The molecule has 0 amide bonds. The van der Waals surface area contributed by atoms with E-state index in [1.807, 2.05) is 15.4 Å². The van der Waals surface area contributed by atoms with Crippen LogP contribution in [0.3, 0.4) is 0 Å². The minimum atomic E-state index is 0.0135. The minimum absolute atomic E-state index is 0.0135. The average Bonchev–Trinajstić information content (AvgIpc) is 3.08. The molecule has 1 atom stereocenters. The number of fused-ring (bicyclic) bond motifs is 3. The number of hydrogen-bond donors (Lipinski definition) is 0. The molecule has 25 heavy (non-hydrogen) atoms. The van der Waals surface area contributed by atoms with Crippen molar-refractivity contribution in [3.8, 4) is 5.69 Å². The van der Waals surface area contributed by atoms with Crippen LogP contribution in [-0.4, -0.2) is 34.5 Å². The van der Waals surface area contributed by atoms with Crippen molar-refractivity contribution in [2.45, 2.75) is 38.8 Å². The van der Waals surface area contributed by atoms with Crippen molar-refractivity contribution in [1.82, 2.24) is 34.5 Å². The van der Waals surface area contributed by atoms with Gasteiger partial charge in [-0.25, -0.2) is 4.98 Å². The molecule has 1 fully saturated rings. The Kier molecular flexibility index (Phi) is 3.27. The lowest BCUT2D eigenvalue weighted by atomic mass is 10.1. The summed E-state index contributed by atoms with van der Waals surface area (Å²) in [6.07, 6.45) is 10.8. The van der Waals surface area contributed by atoms with E-state index in [0.717, 1.165) is 41.9 Å². The molecule has 8 nitrogen and oxygen atoms in total. The second kappa shape index (κ2) is 5.52. The second-order valence-corrected chi connectivity index (χ2v) is 6.90. The summed E-state index contributed by atoms with van der Waals surface area (Å²) in [6, 6.07) is 0.0135. The Hall–Kier alpha value is -2.48. The number of hydrogen-bond acceptors (Lipinski definition) is 6. The molecule has 0 saturated heterocycles. The predicted molar refractivity (Wildman–Crippen MR) is 92.1 cm³/mol. The summed E-state index contributed by atoms with van der Waals surface area (Å²) in [5.74, 6) is 2.39. The number of halogens is 1. The smallest absolute Gasteiger partial charge is 0.224 e. The molecule has 1 saturated carbocycles. The van der Waals surface area contributed by atoms with Gasteiger partial charge in [0.25, 0.3) is 0 Å². The largest absolute Gasteiger partial charge is 0.311 e. The Labute approximate surface area is 149 Å². The number of aromatic nitrogens is 7. The fourth-order valence-electron chi connectivity index (χ4n) is 3.42. The molecular weight excluding hydrogens is 340 g/mol. The maximum absolute atomic E-state index is 6.09. The molecule has 4 heterocycles.